The van der Waals surface area contributed by atoms with Crippen molar-refractivity contribution in [1.82, 2.24) is 4.90 Å². The van der Waals surface area contributed by atoms with E-state index >= 15 is 8.78 Å². The fourth-order valence-electron chi connectivity index (χ4n) is 8.27. The number of nitrogens with zero attached hydrogens (tertiary/aromatic N) is 1. The molecule has 1 aromatic carbocycles. The third-order valence-corrected chi connectivity index (χ3v) is 10.4. The molecule has 0 radical (unpaired) electrons. The first-order chi connectivity index (χ1) is 18.7. The van der Waals surface area contributed by atoms with Gasteiger partial charge in [-0.1, -0.05) is 24.6 Å². The van der Waals surface area contributed by atoms with Crippen LogP contribution in [0.3, 0.4) is 0 Å². The molecule has 40 heavy (non-hydrogen) atoms. The molecule has 0 spiro atoms. The van der Waals surface area contributed by atoms with Crippen LogP contribution in [0.2, 0.25) is 0 Å². The first-order valence-corrected chi connectivity index (χ1v) is 14.2. The first kappa shape index (κ1) is 29.0. The van der Waals surface area contributed by atoms with E-state index in [0.717, 1.165) is 16.7 Å². The summed E-state index contributed by atoms with van der Waals surface area (Å²) in [5.41, 5.74) is -0.806. The molecule has 0 aromatic heterocycles. The molecular weight excluding hydrogens is 529 g/mol. The number of rotatable bonds is 5. The molecule has 2 fully saturated rings. The Balaban J connectivity index is 1.64. The predicted octanol–water partition coefficient (Wildman–Crippen LogP) is 7.00. The van der Waals surface area contributed by atoms with Gasteiger partial charge >= 0.3 is 12.1 Å². The summed E-state index contributed by atoms with van der Waals surface area (Å²) in [7, 11) is 0. The minimum absolute atomic E-state index is 0.0364. The smallest absolute Gasteiger partial charge is 0.383 e. The highest BCUT2D eigenvalue weighted by atomic mass is 19.4. The normalized spacial score (nSPS) is 32.3. The van der Waals surface area contributed by atoms with E-state index < -0.39 is 41.4 Å². The average Bonchev–Trinajstić information content (AvgIpc) is 3.19. The second kappa shape index (κ2) is 9.78. The Kier molecular flexibility index (Phi) is 7.08. The molecule has 0 heterocycles. The lowest BCUT2D eigenvalue weighted by atomic mass is 9.50. The molecule has 0 bridgehead atoms. The van der Waals surface area contributed by atoms with Gasteiger partial charge in [0.15, 0.2) is 5.78 Å². The third kappa shape index (κ3) is 4.09. The maximum atomic E-state index is 15.1. The number of ketones is 1. The molecule has 1 amide bonds. The Hall–Kier alpha value is -2.55. The van der Waals surface area contributed by atoms with E-state index in [2.05, 4.69) is 0 Å². The van der Waals surface area contributed by atoms with Crippen molar-refractivity contribution in [1.29, 1.82) is 0 Å². The molecule has 1 N–H and O–H groups in total. The van der Waals surface area contributed by atoms with Gasteiger partial charge in [-0.2, -0.15) is 22.0 Å². The second-order valence-corrected chi connectivity index (χ2v) is 12.1. The van der Waals surface area contributed by atoms with Gasteiger partial charge in [0.05, 0.1) is 0 Å². The molecule has 4 aliphatic rings. The zero-order valence-corrected chi connectivity index (χ0v) is 23.1. The molecule has 0 aliphatic heterocycles. The summed E-state index contributed by atoms with van der Waals surface area (Å²) in [6.45, 7) is 6.25. The number of aliphatic hydroxyl groups is 1. The molecular formula is C31H36F5NO3. The Bertz CT molecular complexity index is 1260. The number of fused-ring (bicyclic) bond motifs is 4. The van der Waals surface area contributed by atoms with Gasteiger partial charge < -0.3 is 10.0 Å². The molecule has 218 valence electrons. The maximum Gasteiger partial charge on any atom is 0.456 e. The van der Waals surface area contributed by atoms with E-state index in [9.17, 15) is 27.9 Å². The number of benzene rings is 1. The van der Waals surface area contributed by atoms with Crippen LogP contribution in [0.1, 0.15) is 87.6 Å². The van der Waals surface area contributed by atoms with Crippen LogP contribution in [0.15, 0.2) is 47.1 Å². The van der Waals surface area contributed by atoms with Crippen LogP contribution in [0.5, 0.6) is 0 Å². The number of carbonyl (C=O) groups excluding carboxylic acids is 2. The van der Waals surface area contributed by atoms with E-state index in [1.807, 2.05) is 13.8 Å². The van der Waals surface area contributed by atoms with E-state index in [1.165, 1.54) is 6.92 Å². The van der Waals surface area contributed by atoms with Gasteiger partial charge in [0.1, 0.15) is 5.60 Å². The van der Waals surface area contributed by atoms with Gasteiger partial charge in [0.25, 0.3) is 5.91 Å². The molecule has 2 saturated carbocycles. The van der Waals surface area contributed by atoms with Crippen LogP contribution in [-0.4, -0.2) is 52.5 Å². The summed E-state index contributed by atoms with van der Waals surface area (Å²) in [4.78, 5) is 26.8. The van der Waals surface area contributed by atoms with E-state index in [0.29, 0.717) is 49.9 Å². The standard InChI is InChI=1S/C31H36F5NO3/c1-4-37(5-2)27(39)19-8-6-18(7-9-19)24-17-28(3)25(14-15-29(28,40)30(32,33)31(34,35)36)23-12-10-20-16-21(38)11-13-22(20)26(23)24/h6-9,16,23-25,40H,4-5,10-15,17H2,1-3H3/t23?,24-,25?,28+,29-/m1/s1. The monoisotopic (exact) mass is 565 g/mol. The highest BCUT2D eigenvalue weighted by Gasteiger charge is 2.79. The lowest BCUT2D eigenvalue weighted by molar-refractivity contribution is -0.362. The summed E-state index contributed by atoms with van der Waals surface area (Å²) in [5, 5.41) is 11.4. The molecule has 4 nitrogen and oxygen atoms in total. The minimum atomic E-state index is -5.88. The van der Waals surface area contributed by atoms with Crippen molar-refractivity contribution in [3.63, 3.8) is 0 Å². The molecule has 5 atom stereocenters. The second-order valence-electron chi connectivity index (χ2n) is 12.1. The lowest BCUT2D eigenvalue weighted by Gasteiger charge is -2.56. The van der Waals surface area contributed by atoms with Crippen molar-refractivity contribution in [3.8, 4) is 0 Å². The number of hydrogen-bond donors (Lipinski definition) is 1. The zero-order chi connectivity index (χ0) is 29.3. The number of allylic oxidation sites excluding steroid dienone is 4. The molecule has 1 aromatic rings. The summed E-state index contributed by atoms with van der Waals surface area (Å²) in [6, 6.07) is 6.88. The topological polar surface area (TPSA) is 57.6 Å². The summed E-state index contributed by atoms with van der Waals surface area (Å²) < 4.78 is 71.4. The average molecular weight is 566 g/mol. The first-order valence-electron chi connectivity index (χ1n) is 14.2. The van der Waals surface area contributed by atoms with Crippen molar-refractivity contribution < 1.29 is 36.6 Å². The third-order valence-electron chi connectivity index (χ3n) is 10.4. The van der Waals surface area contributed by atoms with Crippen LogP contribution in [0.25, 0.3) is 0 Å². The van der Waals surface area contributed by atoms with Crippen molar-refractivity contribution >= 4 is 11.7 Å². The highest BCUT2D eigenvalue weighted by molar-refractivity contribution is 5.94. The van der Waals surface area contributed by atoms with Crippen LogP contribution >= 0.6 is 0 Å². The van der Waals surface area contributed by atoms with Gasteiger partial charge in [0, 0.05) is 36.4 Å². The number of halogens is 5. The molecule has 4 aliphatic carbocycles. The minimum Gasteiger partial charge on any atom is -0.383 e. The van der Waals surface area contributed by atoms with Crippen molar-refractivity contribution in [2.75, 3.05) is 13.1 Å². The molecule has 2 unspecified atom stereocenters. The Labute approximate surface area is 231 Å². The number of amides is 1. The van der Waals surface area contributed by atoms with Crippen molar-refractivity contribution in [3.05, 3.63) is 58.2 Å². The summed E-state index contributed by atoms with van der Waals surface area (Å²) >= 11 is 0. The van der Waals surface area contributed by atoms with Gasteiger partial charge in [0.2, 0.25) is 0 Å². The number of hydrogen-bond acceptors (Lipinski definition) is 3. The number of carbonyl (C=O) groups is 2. The van der Waals surface area contributed by atoms with Crippen LogP contribution in [0.4, 0.5) is 22.0 Å². The predicted molar refractivity (Wildman–Crippen MR) is 140 cm³/mol. The molecule has 5 rings (SSSR count). The number of alkyl halides is 5. The highest BCUT2D eigenvalue weighted by Crippen LogP contribution is 2.70. The molecule has 9 heteroatoms. The fourth-order valence-corrected chi connectivity index (χ4v) is 8.27. The SMILES string of the molecule is CCN(CC)C(=O)c1ccc([C@H]2C[C@@]3(C)C(CC[C@]3(O)C(F)(F)C(F)(F)F)C3CCC4=CC(=O)CCC4=C32)cc1. The quantitative estimate of drug-likeness (QED) is 0.392. The van der Waals surface area contributed by atoms with Gasteiger partial charge in [-0.05, 0) is 99.1 Å². The Morgan fingerprint density at radius 1 is 1.02 bits per heavy atom. The van der Waals surface area contributed by atoms with Crippen LogP contribution in [0, 0.1) is 17.3 Å². The van der Waals surface area contributed by atoms with E-state index in [4.69, 9.17) is 0 Å². The van der Waals surface area contributed by atoms with Crippen molar-refractivity contribution in [2.24, 2.45) is 17.3 Å². The van der Waals surface area contributed by atoms with Gasteiger partial charge in [-0.15, -0.1) is 0 Å². The Morgan fingerprint density at radius 3 is 2.27 bits per heavy atom. The van der Waals surface area contributed by atoms with Crippen molar-refractivity contribution in [2.45, 2.75) is 89.3 Å². The van der Waals surface area contributed by atoms with Crippen LogP contribution in [-0.2, 0) is 4.79 Å². The maximum absolute atomic E-state index is 15.1. The van der Waals surface area contributed by atoms with E-state index in [-0.39, 0.29) is 30.4 Å². The molecule has 0 saturated heterocycles. The van der Waals surface area contributed by atoms with Crippen LogP contribution < -0.4 is 0 Å². The Morgan fingerprint density at radius 2 is 1.68 bits per heavy atom. The summed E-state index contributed by atoms with van der Waals surface area (Å²) in [5.74, 6) is -6.73. The zero-order valence-electron chi connectivity index (χ0n) is 23.1. The van der Waals surface area contributed by atoms with E-state index in [1.54, 1.807) is 35.2 Å². The summed E-state index contributed by atoms with van der Waals surface area (Å²) in [6.07, 6.45) is -2.95. The largest absolute Gasteiger partial charge is 0.456 e. The fraction of sp³-hybridized carbons (Fsp3) is 0.613. The lowest BCUT2D eigenvalue weighted by Crippen LogP contribution is -2.65. The van der Waals surface area contributed by atoms with Gasteiger partial charge in [-0.3, -0.25) is 9.59 Å². The van der Waals surface area contributed by atoms with Gasteiger partial charge in [-0.25, -0.2) is 0 Å².